The lowest BCUT2D eigenvalue weighted by atomic mass is 10.2. The van der Waals surface area contributed by atoms with E-state index in [1.165, 1.54) is 13.0 Å². The van der Waals surface area contributed by atoms with Crippen molar-refractivity contribution in [3.8, 4) is 5.69 Å². The van der Waals surface area contributed by atoms with Crippen molar-refractivity contribution in [1.82, 2.24) is 25.1 Å². The standard InChI is InChI=1S/C18H16F3N5OS/c1-11-4-3-5-14(8-11)26-15(10-22-12(2)27)24-25-17(26)28-16-7-6-13(9-23-16)18(19,20)21/h3-9H,10H2,1-2H3,(H,22,27). The van der Waals surface area contributed by atoms with Crippen LogP contribution in [0, 0.1) is 6.92 Å². The molecule has 28 heavy (non-hydrogen) atoms. The predicted octanol–water partition coefficient (Wildman–Crippen LogP) is 3.78. The van der Waals surface area contributed by atoms with Gasteiger partial charge in [0.25, 0.3) is 0 Å². The van der Waals surface area contributed by atoms with Crippen molar-refractivity contribution in [1.29, 1.82) is 0 Å². The molecule has 10 heteroatoms. The second kappa shape index (κ2) is 8.01. The van der Waals surface area contributed by atoms with E-state index in [-0.39, 0.29) is 12.5 Å². The van der Waals surface area contributed by atoms with E-state index in [9.17, 15) is 18.0 Å². The van der Waals surface area contributed by atoms with E-state index in [4.69, 9.17) is 0 Å². The van der Waals surface area contributed by atoms with Crippen LogP contribution < -0.4 is 5.32 Å². The molecule has 0 bridgehead atoms. The fourth-order valence-corrected chi connectivity index (χ4v) is 3.23. The lowest BCUT2D eigenvalue weighted by Gasteiger charge is -2.11. The number of hydrogen-bond donors (Lipinski definition) is 1. The van der Waals surface area contributed by atoms with Gasteiger partial charge in [0.15, 0.2) is 5.82 Å². The number of alkyl halides is 3. The zero-order valence-electron chi connectivity index (χ0n) is 15.0. The third kappa shape index (κ3) is 4.69. The summed E-state index contributed by atoms with van der Waals surface area (Å²) in [5.41, 5.74) is 0.975. The Kier molecular flexibility index (Phi) is 5.68. The van der Waals surface area contributed by atoms with Crippen LogP contribution in [-0.2, 0) is 17.5 Å². The first-order chi connectivity index (χ1) is 13.2. The van der Waals surface area contributed by atoms with E-state index in [1.54, 1.807) is 4.57 Å². The Bertz CT molecular complexity index is 986. The van der Waals surface area contributed by atoms with Crippen LogP contribution >= 0.6 is 11.8 Å². The first-order valence-corrected chi connectivity index (χ1v) is 9.02. The smallest absolute Gasteiger partial charge is 0.349 e. The lowest BCUT2D eigenvalue weighted by molar-refractivity contribution is -0.137. The van der Waals surface area contributed by atoms with E-state index < -0.39 is 11.7 Å². The highest BCUT2D eigenvalue weighted by Crippen LogP contribution is 2.32. The molecule has 3 rings (SSSR count). The maximum atomic E-state index is 12.7. The minimum absolute atomic E-state index is 0.164. The summed E-state index contributed by atoms with van der Waals surface area (Å²) >= 11 is 1.09. The van der Waals surface area contributed by atoms with Crippen molar-refractivity contribution in [3.63, 3.8) is 0 Å². The van der Waals surface area contributed by atoms with E-state index in [1.807, 2.05) is 31.2 Å². The number of nitrogens with zero attached hydrogens (tertiary/aromatic N) is 4. The second-order valence-corrected chi connectivity index (χ2v) is 6.96. The van der Waals surface area contributed by atoms with Gasteiger partial charge in [0.05, 0.1) is 12.1 Å². The van der Waals surface area contributed by atoms with E-state index >= 15 is 0 Å². The predicted molar refractivity (Wildman–Crippen MR) is 97.0 cm³/mol. The van der Waals surface area contributed by atoms with Gasteiger partial charge < -0.3 is 5.32 Å². The van der Waals surface area contributed by atoms with Gasteiger partial charge in [0.1, 0.15) is 5.03 Å². The quantitative estimate of drug-likeness (QED) is 0.697. The molecule has 0 aliphatic rings. The molecule has 0 unspecified atom stereocenters. The van der Waals surface area contributed by atoms with Crippen LogP contribution in [0.1, 0.15) is 23.9 Å². The zero-order valence-corrected chi connectivity index (χ0v) is 15.8. The molecule has 2 heterocycles. The molecule has 6 nitrogen and oxygen atoms in total. The summed E-state index contributed by atoms with van der Waals surface area (Å²) in [5.74, 6) is 0.285. The molecule has 1 N–H and O–H groups in total. The second-order valence-electron chi connectivity index (χ2n) is 5.97. The van der Waals surface area contributed by atoms with Crippen LogP contribution in [0.5, 0.6) is 0 Å². The maximum Gasteiger partial charge on any atom is 0.417 e. The number of aryl methyl sites for hydroxylation is 1. The Hall–Kier alpha value is -2.88. The molecule has 0 spiro atoms. The Morgan fingerprint density at radius 2 is 2.00 bits per heavy atom. The third-order valence-electron chi connectivity index (χ3n) is 3.72. The molecule has 0 fully saturated rings. The fourth-order valence-electron chi connectivity index (χ4n) is 2.41. The van der Waals surface area contributed by atoms with Crippen molar-refractivity contribution < 1.29 is 18.0 Å². The van der Waals surface area contributed by atoms with Gasteiger partial charge in [-0.25, -0.2) is 4.98 Å². The molecule has 1 aromatic carbocycles. The van der Waals surface area contributed by atoms with Crippen molar-refractivity contribution in [2.45, 2.75) is 36.8 Å². The minimum Gasteiger partial charge on any atom is -0.349 e. The monoisotopic (exact) mass is 407 g/mol. The molecular formula is C18H16F3N5OS. The van der Waals surface area contributed by atoms with Gasteiger partial charge in [0, 0.05) is 18.8 Å². The minimum atomic E-state index is -4.44. The van der Waals surface area contributed by atoms with Gasteiger partial charge in [-0.2, -0.15) is 13.2 Å². The molecule has 0 saturated carbocycles. The van der Waals surface area contributed by atoms with Crippen molar-refractivity contribution in [2.75, 3.05) is 0 Å². The SMILES string of the molecule is CC(=O)NCc1nnc(Sc2ccc(C(F)(F)F)cn2)n1-c1cccc(C)c1. The molecule has 0 radical (unpaired) electrons. The summed E-state index contributed by atoms with van der Waals surface area (Å²) < 4.78 is 39.9. The normalized spacial score (nSPS) is 11.5. The molecule has 146 valence electrons. The number of carbonyl (C=O) groups excluding carboxylic acids is 1. The number of aromatic nitrogens is 4. The van der Waals surface area contributed by atoms with Gasteiger partial charge in [-0.05, 0) is 48.5 Å². The van der Waals surface area contributed by atoms with Gasteiger partial charge in [-0.15, -0.1) is 10.2 Å². The summed E-state index contributed by atoms with van der Waals surface area (Å²) in [6, 6.07) is 9.85. The Morgan fingerprint density at radius 3 is 2.61 bits per heavy atom. The number of amides is 1. The van der Waals surface area contributed by atoms with Crippen molar-refractivity contribution >= 4 is 17.7 Å². The van der Waals surface area contributed by atoms with Crippen molar-refractivity contribution in [3.05, 3.63) is 59.5 Å². The number of rotatable bonds is 5. The number of hydrogen-bond acceptors (Lipinski definition) is 5. The molecule has 0 saturated heterocycles. The van der Waals surface area contributed by atoms with Crippen LogP contribution in [-0.4, -0.2) is 25.7 Å². The van der Waals surface area contributed by atoms with Crippen LogP contribution in [0.2, 0.25) is 0 Å². The third-order valence-corrected chi connectivity index (χ3v) is 4.61. The highest BCUT2D eigenvalue weighted by Gasteiger charge is 2.30. The summed E-state index contributed by atoms with van der Waals surface area (Å²) in [7, 11) is 0. The number of nitrogens with one attached hydrogen (secondary N) is 1. The molecule has 1 amide bonds. The number of halogens is 3. The number of carbonyl (C=O) groups is 1. The average molecular weight is 407 g/mol. The highest BCUT2D eigenvalue weighted by atomic mass is 32.2. The molecule has 2 aromatic heterocycles. The van der Waals surface area contributed by atoms with Crippen LogP contribution in [0.25, 0.3) is 5.69 Å². The number of benzene rings is 1. The van der Waals surface area contributed by atoms with E-state index in [0.29, 0.717) is 16.0 Å². The Balaban J connectivity index is 1.95. The molecular weight excluding hydrogens is 391 g/mol. The summed E-state index contributed by atoms with van der Waals surface area (Å²) in [6.45, 7) is 3.50. The van der Waals surface area contributed by atoms with Gasteiger partial charge in [-0.3, -0.25) is 9.36 Å². The molecule has 0 aliphatic carbocycles. The van der Waals surface area contributed by atoms with Gasteiger partial charge in [0.2, 0.25) is 11.1 Å². The van der Waals surface area contributed by atoms with Crippen LogP contribution in [0.3, 0.4) is 0 Å². The largest absolute Gasteiger partial charge is 0.417 e. The Morgan fingerprint density at radius 1 is 1.21 bits per heavy atom. The summed E-state index contributed by atoms with van der Waals surface area (Å²) in [5, 5.41) is 11.7. The highest BCUT2D eigenvalue weighted by molar-refractivity contribution is 7.99. The van der Waals surface area contributed by atoms with Crippen molar-refractivity contribution in [2.24, 2.45) is 0 Å². The first-order valence-electron chi connectivity index (χ1n) is 8.21. The fraction of sp³-hybridized carbons (Fsp3) is 0.222. The first kappa shape index (κ1) is 19.9. The molecule has 0 aliphatic heterocycles. The topological polar surface area (TPSA) is 72.7 Å². The Labute approximate surface area is 163 Å². The summed E-state index contributed by atoms with van der Waals surface area (Å²) in [4.78, 5) is 15.1. The van der Waals surface area contributed by atoms with E-state index in [0.717, 1.165) is 35.3 Å². The van der Waals surface area contributed by atoms with Crippen LogP contribution in [0.15, 0.2) is 52.8 Å². The van der Waals surface area contributed by atoms with E-state index in [2.05, 4.69) is 20.5 Å². The number of pyridine rings is 1. The van der Waals surface area contributed by atoms with Gasteiger partial charge >= 0.3 is 6.18 Å². The van der Waals surface area contributed by atoms with Gasteiger partial charge in [-0.1, -0.05) is 12.1 Å². The maximum absolute atomic E-state index is 12.7. The zero-order chi connectivity index (χ0) is 20.3. The molecule has 3 aromatic rings. The average Bonchev–Trinajstić information content (AvgIpc) is 3.02. The van der Waals surface area contributed by atoms with Crippen LogP contribution in [0.4, 0.5) is 13.2 Å². The lowest BCUT2D eigenvalue weighted by Crippen LogP contribution is -2.21. The summed E-state index contributed by atoms with van der Waals surface area (Å²) in [6.07, 6.45) is -3.66. The molecule has 0 atom stereocenters.